The van der Waals surface area contributed by atoms with E-state index in [1.54, 1.807) is 6.08 Å². The zero-order chi connectivity index (χ0) is 20.9. The highest BCUT2D eigenvalue weighted by Crippen LogP contribution is 2.21. The van der Waals surface area contributed by atoms with E-state index in [-0.39, 0.29) is 13.2 Å². The van der Waals surface area contributed by atoms with E-state index < -0.39 is 11.4 Å². The summed E-state index contributed by atoms with van der Waals surface area (Å²) < 4.78 is 16.8. The smallest absolute Gasteiger partial charge is 0.440 e. The molecule has 0 bridgehead atoms. The highest BCUT2D eigenvalue weighted by Gasteiger charge is 2.09. The molecule has 0 atom stereocenters. The van der Waals surface area contributed by atoms with Crippen molar-refractivity contribution in [2.45, 2.75) is 20.1 Å². The number of aromatic amines is 1. The Balaban J connectivity index is 1.41. The summed E-state index contributed by atoms with van der Waals surface area (Å²) in [7, 11) is 0. The van der Waals surface area contributed by atoms with E-state index in [1.165, 1.54) is 0 Å². The molecule has 9 heteroatoms. The van der Waals surface area contributed by atoms with Crippen molar-refractivity contribution in [3.8, 4) is 17.2 Å². The average Bonchev–Trinajstić information content (AvgIpc) is 3.37. The van der Waals surface area contributed by atoms with Gasteiger partial charge >= 0.3 is 11.4 Å². The lowest BCUT2D eigenvalue weighted by Crippen LogP contribution is -2.15. The molecule has 2 aromatic heterocycles. The van der Waals surface area contributed by atoms with Crippen LogP contribution in [0.25, 0.3) is 17.0 Å². The van der Waals surface area contributed by atoms with Crippen molar-refractivity contribution in [3.63, 3.8) is 0 Å². The highest BCUT2D eigenvalue weighted by atomic mass is 16.5. The fourth-order valence-electron chi connectivity index (χ4n) is 2.76. The van der Waals surface area contributed by atoms with Gasteiger partial charge in [0, 0.05) is 5.56 Å². The predicted molar refractivity (Wildman–Crippen MR) is 108 cm³/mol. The Hall–Kier alpha value is -4.14. The van der Waals surface area contributed by atoms with Crippen LogP contribution in [0.2, 0.25) is 0 Å². The van der Waals surface area contributed by atoms with Crippen molar-refractivity contribution in [2.75, 3.05) is 0 Å². The summed E-state index contributed by atoms with van der Waals surface area (Å²) in [6, 6.07) is 17.0. The van der Waals surface area contributed by atoms with Gasteiger partial charge in [0.15, 0.2) is 6.61 Å². The van der Waals surface area contributed by atoms with Crippen molar-refractivity contribution in [2.24, 2.45) is 0 Å². The predicted octanol–water partition coefficient (Wildman–Crippen LogP) is 2.86. The zero-order valence-corrected chi connectivity index (χ0v) is 16.1. The summed E-state index contributed by atoms with van der Waals surface area (Å²) in [5.41, 5.74) is 2.05. The number of H-pyrrole nitrogens is 1. The largest absolute Gasteiger partial charge is 0.485 e. The summed E-state index contributed by atoms with van der Waals surface area (Å²) >= 11 is 0. The van der Waals surface area contributed by atoms with Gasteiger partial charge in [-0.1, -0.05) is 41.6 Å². The Bertz CT molecular complexity index is 1280. The average molecular weight is 406 g/mol. The maximum atomic E-state index is 11.5. The first-order valence-corrected chi connectivity index (χ1v) is 9.17. The first-order chi connectivity index (χ1) is 14.6. The van der Waals surface area contributed by atoms with Crippen LogP contribution in [-0.4, -0.2) is 19.9 Å². The van der Waals surface area contributed by atoms with Crippen LogP contribution in [-0.2, 0) is 13.2 Å². The third-order valence-corrected chi connectivity index (χ3v) is 4.34. The molecule has 0 saturated carbocycles. The lowest BCUT2D eigenvalue weighted by molar-refractivity contribution is 0.261. The molecule has 0 aliphatic heterocycles. The van der Waals surface area contributed by atoms with E-state index in [1.807, 2.05) is 66.5 Å². The van der Waals surface area contributed by atoms with E-state index in [4.69, 9.17) is 13.8 Å². The second-order valence-electron chi connectivity index (χ2n) is 6.46. The monoisotopic (exact) mass is 406 g/mol. The summed E-state index contributed by atoms with van der Waals surface area (Å²) in [4.78, 5) is 28.9. The molecule has 0 spiro atoms. The molecule has 4 aromatic rings. The van der Waals surface area contributed by atoms with Gasteiger partial charge in [-0.25, -0.2) is 14.6 Å². The molecular formula is C21H18N4O5. The molecule has 0 unspecified atom stereocenters. The summed E-state index contributed by atoms with van der Waals surface area (Å²) in [6.07, 6.45) is 1.78. The number of nitrogens with zero attached hydrogens (tertiary/aromatic N) is 3. The Labute approximate surface area is 170 Å². The number of nitrogens with one attached hydrogen (secondary N) is 1. The molecule has 1 N–H and O–H groups in total. The van der Waals surface area contributed by atoms with E-state index in [0.717, 1.165) is 21.4 Å². The molecule has 152 valence electrons. The van der Waals surface area contributed by atoms with E-state index in [0.29, 0.717) is 17.5 Å². The van der Waals surface area contributed by atoms with Gasteiger partial charge in [0.1, 0.15) is 5.75 Å². The van der Waals surface area contributed by atoms with Crippen LogP contribution in [0, 0.1) is 0 Å². The van der Waals surface area contributed by atoms with Crippen LogP contribution in [0.15, 0.2) is 79.3 Å². The van der Waals surface area contributed by atoms with Gasteiger partial charge in [-0.2, -0.15) is 4.98 Å². The normalized spacial score (nSPS) is 11.6. The molecular weight excluding hydrogens is 388 g/mol. The summed E-state index contributed by atoms with van der Waals surface area (Å²) in [5.74, 6) is 0.733. The first-order valence-electron chi connectivity index (χ1n) is 9.17. The molecule has 0 amide bonds. The van der Waals surface area contributed by atoms with Crippen LogP contribution in [0.1, 0.15) is 18.3 Å². The highest BCUT2D eigenvalue weighted by molar-refractivity contribution is 5.64. The fraction of sp³-hybridized carbons (Fsp3) is 0.143. The summed E-state index contributed by atoms with van der Waals surface area (Å²) in [5, 5.41) is 3.94. The molecule has 4 rings (SSSR count). The third-order valence-electron chi connectivity index (χ3n) is 4.34. The molecule has 9 nitrogen and oxygen atoms in total. The lowest BCUT2D eigenvalue weighted by atomic mass is 10.1. The van der Waals surface area contributed by atoms with Gasteiger partial charge in [-0.05, 0) is 42.3 Å². The van der Waals surface area contributed by atoms with E-state index >= 15 is 0 Å². The van der Waals surface area contributed by atoms with Crippen molar-refractivity contribution < 1.29 is 13.8 Å². The molecule has 30 heavy (non-hydrogen) atoms. The van der Waals surface area contributed by atoms with Crippen molar-refractivity contribution in [3.05, 3.63) is 93.1 Å². The maximum Gasteiger partial charge on any atom is 0.440 e. The number of rotatable bonds is 7. The van der Waals surface area contributed by atoms with Gasteiger partial charge in [0.2, 0.25) is 5.82 Å². The topological polar surface area (TPSA) is 116 Å². The number of hydrogen-bond acceptors (Lipinski definition) is 7. The minimum atomic E-state index is -0.779. The van der Waals surface area contributed by atoms with Crippen molar-refractivity contribution in [1.82, 2.24) is 19.9 Å². The van der Waals surface area contributed by atoms with Gasteiger partial charge in [0.05, 0.1) is 6.54 Å². The number of aromatic nitrogens is 4. The molecule has 0 saturated heterocycles. The van der Waals surface area contributed by atoms with Gasteiger partial charge in [-0.15, -0.1) is 4.74 Å². The number of ether oxygens (including phenoxy) is 1. The standard InChI is InChI=1S/C21H18N4O5/c1-14(10-11-25-20(26)23-21(27)30-25)16-8-5-9-17(12-16)28-13-18-22-19(29-24-18)15-6-3-2-4-7-15/h2-10,12H,11,13H2,1H3,(H,23,26,27)/b14-10+. The Morgan fingerprint density at radius 2 is 2.00 bits per heavy atom. The second-order valence-corrected chi connectivity index (χ2v) is 6.46. The van der Waals surface area contributed by atoms with Crippen LogP contribution in [0.5, 0.6) is 5.75 Å². The van der Waals surface area contributed by atoms with Crippen LogP contribution in [0.4, 0.5) is 0 Å². The van der Waals surface area contributed by atoms with E-state index in [9.17, 15) is 9.59 Å². The zero-order valence-electron chi connectivity index (χ0n) is 16.1. The minimum absolute atomic E-state index is 0.139. The molecule has 0 fully saturated rings. The fourth-order valence-corrected chi connectivity index (χ4v) is 2.76. The molecule has 0 aliphatic rings. The van der Waals surface area contributed by atoms with Crippen LogP contribution >= 0.6 is 0 Å². The lowest BCUT2D eigenvalue weighted by Gasteiger charge is -2.07. The Morgan fingerprint density at radius 1 is 1.17 bits per heavy atom. The van der Waals surface area contributed by atoms with Crippen molar-refractivity contribution >= 4 is 5.57 Å². The third kappa shape index (κ3) is 4.46. The number of allylic oxidation sites excluding steroid dienone is 2. The SMILES string of the molecule is C/C(=C\Cn1oc(=O)[nH]c1=O)c1cccc(OCc2noc(-c3ccccc3)n2)c1. The second kappa shape index (κ2) is 8.48. The molecule has 2 aromatic carbocycles. The quantitative estimate of drug-likeness (QED) is 0.502. The number of benzene rings is 2. The summed E-state index contributed by atoms with van der Waals surface area (Å²) in [6.45, 7) is 2.19. The molecule has 0 aliphatic carbocycles. The van der Waals surface area contributed by atoms with Crippen molar-refractivity contribution in [1.29, 1.82) is 0 Å². The Kier molecular flexibility index (Phi) is 5.42. The van der Waals surface area contributed by atoms with Gasteiger partial charge in [0.25, 0.3) is 5.89 Å². The van der Waals surface area contributed by atoms with Crippen LogP contribution < -0.4 is 16.2 Å². The van der Waals surface area contributed by atoms with Crippen LogP contribution in [0.3, 0.4) is 0 Å². The van der Waals surface area contributed by atoms with Gasteiger partial charge in [-0.3, -0.25) is 0 Å². The van der Waals surface area contributed by atoms with E-state index in [2.05, 4.69) is 10.1 Å². The minimum Gasteiger partial charge on any atom is -0.485 e. The first kappa shape index (κ1) is 19.2. The maximum absolute atomic E-state index is 11.5. The molecule has 0 radical (unpaired) electrons. The Morgan fingerprint density at radius 3 is 2.77 bits per heavy atom. The number of hydrogen-bond donors (Lipinski definition) is 1. The van der Waals surface area contributed by atoms with Gasteiger partial charge < -0.3 is 13.8 Å². The molecule has 2 heterocycles.